The SMILES string of the molecule is Cl.NC1CCC2CN(Cc3ccc([N+](=O)[O-])cc3)CC12. The Hall–Kier alpha value is -1.17. The molecule has 0 bridgehead atoms. The number of nitro benzene ring substituents is 1. The minimum Gasteiger partial charge on any atom is -0.327 e. The summed E-state index contributed by atoms with van der Waals surface area (Å²) in [5, 5.41) is 10.6. The molecule has 1 saturated carbocycles. The highest BCUT2D eigenvalue weighted by Crippen LogP contribution is 2.37. The van der Waals surface area contributed by atoms with Crippen molar-refractivity contribution in [2.75, 3.05) is 13.1 Å². The second-order valence-electron chi connectivity index (χ2n) is 5.78. The topological polar surface area (TPSA) is 72.4 Å². The zero-order chi connectivity index (χ0) is 13.4. The molecule has 3 rings (SSSR count). The van der Waals surface area contributed by atoms with Crippen LogP contribution in [-0.4, -0.2) is 29.0 Å². The van der Waals surface area contributed by atoms with E-state index in [1.807, 2.05) is 12.1 Å². The Morgan fingerprint density at radius 2 is 1.95 bits per heavy atom. The maximum atomic E-state index is 10.6. The van der Waals surface area contributed by atoms with E-state index >= 15 is 0 Å². The lowest BCUT2D eigenvalue weighted by Crippen LogP contribution is -2.30. The molecule has 1 aromatic rings. The van der Waals surface area contributed by atoms with E-state index in [1.165, 1.54) is 12.8 Å². The molecule has 1 saturated heterocycles. The van der Waals surface area contributed by atoms with Crippen LogP contribution >= 0.6 is 12.4 Å². The molecule has 1 aliphatic carbocycles. The smallest absolute Gasteiger partial charge is 0.269 e. The van der Waals surface area contributed by atoms with Crippen molar-refractivity contribution in [1.82, 2.24) is 4.90 Å². The number of nitrogens with zero attached hydrogens (tertiary/aromatic N) is 2. The van der Waals surface area contributed by atoms with Crippen LogP contribution in [0.25, 0.3) is 0 Å². The highest BCUT2D eigenvalue weighted by molar-refractivity contribution is 5.85. The minimum atomic E-state index is -0.358. The lowest BCUT2D eigenvalue weighted by atomic mass is 9.98. The molecule has 2 N–H and O–H groups in total. The average molecular weight is 298 g/mol. The van der Waals surface area contributed by atoms with Crippen molar-refractivity contribution in [3.63, 3.8) is 0 Å². The van der Waals surface area contributed by atoms with Crippen molar-refractivity contribution in [1.29, 1.82) is 0 Å². The van der Waals surface area contributed by atoms with Crippen molar-refractivity contribution in [2.24, 2.45) is 17.6 Å². The van der Waals surface area contributed by atoms with Crippen LogP contribution in [0.2, 0.25) is 0 Å². The summed E-state index contributed by atoms with van der Waals surface area (Å²) < 4.78 is 0. The molecule has 6 heteroatoms. The predicted octanol–water partition coefficient (Wildman–Crippen LogP) is 2.19. The third-order valence-corrected chi connectivity index (χ3v) is 4.54. The summed E-state index contributed by atoms with van der Waals surface area (Å²) in [7, 11) is 0. The van der Waals surface area contributed by atoms with Crippen LogP contribution in [0, 0.1) is 22.0 Å². The quantitative estimate of drug-likeness (QED) is 0.685. The first-order chi connectivity index (χ1) is 9.13. The van der Waals surface area contributed by atoms with Crippen molar-refractivity contribution >= 4 is 18.1 Å². The van der Waals surface area contributed by atoms with Crippen molar-refractivity contribution in [2.45, 2.75) is 25.4 Å². The second kappa shape index (κ2) is 6.08. The van der Waals surface area contributed by atoms with Crippen LogP contribution < -0.4 is 5.73 Å². The molecule has 0 radical (unpaired) electrons. The second-order valence-corrected chi connectivity index (χ2v) is 5.78. The molecule has 1 heterocycles. The van der Waals surface area contributed by atoms with Gasteiger partial charge in [-0.1, -0.05) is 12.1 Å². The summed E-state index contributed by atoms with van der Waals surface area (Å²) in [6, 6.07) is 7.24. The molecule has 2 fully saturated rings. The fraction of sp³-hybridized carbons (Fsp3) is 0.571. The number of hydrogen-bond acceptors (Lipinski definition) is 4. The van der Waals surface area contributed by atoms with E-state index in [0.29, 0.717) is 12.0 Å². The van der Waals surface area contributed by atoms with Crippen LogP contribution in [0.15, 0.2) is 24.3 Å². The van der Waals surface area contributed by atoms with Gasteiger partial charge in [0.15, 0.2) is 0 Å². The fourth-order valence-corrected chi connectivity index (χ4v) is 3.51. The van der Waals surface area contributed by atoms with E-state index in [-0.39, 0.29) is 23.0 Å². The summed E-state index contributed by atoms with van der Waals surface area (Å²) in [4.78, 5) is 12.7. The Balaban J connectivity index is 0.00000147. The Bertz CT molecular complexity index is 480. The van der Waals surface area contributed by atoms with Crippen LogP contribution in [0.4, 0.5) is 5.69 Å². The molecule has 110 valence electrons. The molecule has 0 aromatic heterocycles. The van der Waals surface area contributed by atoms with Crippen LogP contribution in [-0.2, 0) is 6.54 Å². The summed E-state index contributed by atoms with van der Waals surface area (Å²) in [6.45, 7) is 3.07. The number of non-ortho nitro benzene ring substituents is 1. The van der Waals surface area contributed by atoms with E-state index in [0.717, 1.165) is 31.1 Å². The molecule has 0 spiro atoms. The van der Waals surface area contributed by atoms with E-state index in [4.69, 9.17) is 5.73 Å². The number of likely N-dealkylation sites (tertiary alicyclic amines) is 1. The Morgan fingerprint density at radius 1 is 1.25 bits per heavy atom. The van der Waals surface area contributed by atoms with Crippen LogP contribution in [0.3, 0.4) is 0 Å². The molecule has 20 heavy (non-hydrogen) atoms. The van der Waals surface area contributed by atoms with Gasteiger partial charge in [-0.05, 0) is 30.2 Å². The maximum Gasteiger partial charge on any atom is 0.269 e. The minimum absolute atomic E-state index is 0. The normalized spacial score (nSPS) is 28.9. The third-order valence-electron chi connectivity index (χ3n) is 4.54. The van der Waals surface area contributed by atoms with E-state index in [9.17, 15) is 10.1 Å². The zero-order valence-electron chi connectivity index (χ0n) is 11.3. The van der Waals surface area contributed by atoms with E-state index in [2.05, 4.69) is 4.90 Å². The molecule has 3 unspecified atom stereocenters. The number of nitro groups is 1. The molecule has 0 amide bonds. The van der Waals surface area contributed by atoms with Gasteiger partial charge in [0.1, 0.15) is 0 Å². The number of hydrogen-bond donors (Lipinski definition) is 1. The van der Waals surface area contributed by atoms with Gasteiger partial charge in [-0.15, -0.1) is 12.4 Å². The van der Waals surface area contributed by atoms with Gasteiger partial charge in [-0.25, -0.2) is 0 Å². The highest BCUT2D eigenvalue weighted by atomic mass is 35.5. The first-order valence-corrected chi connectivity index (χ1v) is 6.85. The standard InChI is InChI=1S/C14H19N3O2.ClH/c15-14-6-3-11-8-16(9-13(11)14)7-10-1-4-12(5-2-10)17(18)19;/h1-2,4-5,11,13-14H,3,6-9,15H2;1H. The summed E-state index contributed by atoms with van der Waals surface area (Å²) in [6.07, 6.45) is 2.42. The van der Waals surface area contributed by atoms with E-state index in [1.54, 1.807) is 12.1 Å². The van der Waals surface area contributed by atoms with Crippen LogP contribution in [0.5, 0.6) is 0 Å². The van der Waals surface area contributed by atoms with Crippen molar-refractivity contribution in [3.05, 3.63) is 39.9 Å². The van der Waals surface area contributed by atoms with E-state index < -0.39 is 0 Å². The maximum absolute atomic E-state index is 10.6. The largest absolute Gasteiger partial charge is 0.327 e. The summed E-state index contributed by atoms with van der Waals surface area (Å²) >= 11 is 0. The third kappa shape index (κ3) is 2.95. The van der Waals surface area contributed by atoms with Crippen molar-refractivity contribution < 1.29 is 4.92 Å². The van der Waals surface area contributed by atoms with Gasteiger partial charge in [-0.3, -0.25) is 15.0 Å². The first-order valence-electron chi connectivity index (χ1n) is 6.85. The first kappa shape index (κ1) is 15.2. The summed E-state index contributed by atoms with van der Waals surface area (Å²) in [5.41, 5.74) is 7.42. The van der Waals surface area contributed by atoms with Gasteiger partial charge in [-0.2, -0.15) is 0 Å². The molecule has 5 nitrogen and oxygen atoms in total. The Morgan fingerprint density at radius 3 is 2.55 bits per heavy atom. The number of nitrogens with two attached hydrogens (primary N) is 1. The van der Waals surface area contributed by atoms with Gasteiger partial charge in [0, 0.05) is 37.8 Å². The lowest BCUT2D eigenvalue weighted by molar-refractivity contribution is -0.384. The van der Waals surface area contributed by atoms with Gasteiger partial charge in [0.2, 0.25) is 0 Å². The number of halogens is 1. The molecular formula is C14H20ClN3O2. The number of benzene rings is 1. The van der Waals surface area contributed by atoms with Gasteiger partial charge < -0.3 is 5.73 Å². The molecule has 1 aromatic carbocycles. The van der Waals surface area contributed by atoms with Gasteiger partial charge >= 0.3 is 0 Å². The van der Waals surface area contributed by atoms with Gasteiger partial charge in [0.25, 0.3) is 5.69 Å². The average Bonchev–Trinajstić information content (AvgIpc) is 2.93. The fourth-order valence-electron chi connectivity index (χ4n) is 3.51. The zero-order valence-corrected chi connectivity index (χ0v) is 12.1. The predicted molar refractivity (Wildman–Crippen MR) is 79.8 cm³/mol. The van der Waals surface area contributed by atoms with Crippen molar-refractivity contribution in [3.8, 4) is 0 Å². The molecule has 3 atom stereocenters. The van der Waals surface area contributed by atoms with Gasteiger partial charge in [0.05, 0.1) is 4.92 Å². The number of rotatable bonds is 3. The molecular weight excluding hydrogens is 278 g/mol. The number of fused-ring (bicyclic) bond motifs is 1. The van der Waals surface area contributed by atoms with Crippen LogP contribution in [0.1, 0.15) is 18.4 Å². The molecule has 2 aliphatic rings. The highest BCUT2D eigenvalue weighted by Gasteiger charge is 2.40. The Kier molecular flexibility index (Phi) is 4.62. The lowest BCUT2D eigenvalue weighted by Gasteiger charge is -2.18. The molecule has 1 aliphatic heterocycles. The summed E-state index contributed by atoms with van der Waals surface area (Å²) in [5.74, 6) is 1.41. The monoisotopic (exact) mass is 297 g/mol. The Labute approximate surface area is 124 Å².